The zero-order chi connectivity index (χ0) is 22.0. The summed E-state index contributed by atoms with van der Waals surface area (Å²) in [7, 11) is 0. The Labute approximate surface area is 188 Å². The molecule has 2 fully saturated rings. The molecular weight excluding hydrogens is 406 g/mol. The lowest BCUT2D eigenvalue weighted by molar-refractivity contribution is -0.127. The van der Waals surface area contributed by atoms with Crippen molar-refractivity contribution >= 4 is 11.8 Å². The first-order valence-electron chi connectivity index (χ1n) is 11.3. The van der Waals surface area contributed by atoms with E-state index in [-0.39, 0.29) is 24.5 Å². The Morgan fingerprint density at radius 2 is 1.97 bits per heavy atom. The van der Waals surface area contributed by atoms with E-state index >= 15 is 0 Å². The van der Waals surface area contributed by atoms with Gasteiger partial charge in [-0.25, -0.2) is 0 Å². The predicted octanol–water partition coefficient (Wildman–Crippen LogP) is 1.97. The second-order valence-corrected chi connectivity index (χ2v) is 8.98. The van der Waals surface area contributed by atoms with Gasteiger partial charge >= 0.3 is 0 Å². The highest BCUT2D eigenvalue weighted by molar-refractivity contribution is 5.98. The second kappa shape index (κ2) is 8.92. The van der Waals surface area contributed by atoms with E-state index in [1.54, 1.807) is 12.1 Å². The molecule has 0 aliphatic carbocycles. The van der Waals surface area contributed by atoms with E-state index in [0.29, 0.717) is 37.5 Å². The summed E-state index contributed by atoms with van der Waals surface area (Å²) >= 11 is 0. The van der Waals surface area contributed by atoms with Crippen LogP contribution >= 0.6 is 0 Å². The van der Waals surface area contributed by atoms with E-state index in [0.717, 1.165) is 19.4 Å². The maximum atomic E-state index is 13.4. The highest BCUT2D eigenvalue weighted by Crippen LogP contribution is 2.34. The highest BCUT2D eigenvalue weighted by Gasteiger charge is 2.53. The zero-order valence-corrected chi connectivity index (χ0v) is 18.1. The molecule has 2 aromatic rings. The van der Waals surface area contributed by atoms with Crippen molar-refractivity contribution in [3.05, 3.63) is 65.7 Å². The fraction of sp³-hybridized carbons (Fsp3) is 0.440. The Kier molecular flexibility index (Phi) is 5.85. The number of hydrogen-bond acceptors (Lipinski definition) is 5. The van der Waals surface area contributed by atoms with Crippen LogP contribution in [0.5, 0.6) is 5.75 Å². The summed E-state index contributed by atoms with van der Waals surface area (Å²) in [5, 5.41) is 6.27. The molecule has 2 aromatic carbocycles. The fourth-order valence-electron chi connectivity index (χ4n) is 5.03. The van der Waals surface area contributed by atoms with Gasteiger partial charge in [0.2, 0.25) is 5.91 Å². The molecule has 1 spiro atoms. The molecule has 2 N–H and O–H groups in total. The number of ether oxygens (including phenoxy) is 2. The average Bonchev–Trinajstić information content (AvgIpc) is 3.42. The maximum Gasteiger partial charge on any atom is 0.255 e. The molecule has 0 bridgehead atoms. The van der Waals surface area contributed by atoms with Gasteiger partial charge in [0.05, 0.1) is 23.1 Å². The van der Waals surface area contributed by atoms with Crippen LogP contribution in [0.1, 0.15) is 28.8 Å². The topological polar surface area (TPSA) is 79.9 Å². The molecule has 3 aliphatic heterocycles. The molecule has 168 valence electrons. The molecule has 0 aromatic heterocycles. The number of benzene rings is 2. The molecule has 3 atom stereocenters. The van der Waals surface area contributed by atoms with Gasteiger partial charge in [-0.1, -0.05) is 42.5 Å². The van der Waals surface area contributed by atoms with Gasteiger partial charge in [-0.2, -0.15) is 0 Å². The van der Waals surface area contributed by atoms with Crippen LogP contribution in [-0.2, 0) is 16.1 Å². The van der Waals surface area contributed by atoms with Gasteiger partial charge < -0.3 is 20.1 Å². The minimum absolute atomic E-state index is 0.0640. The molecule has 5 rings (SSSR count). The van der Waals surface area contributed by atoms with Crippen molar-refractivity contribution in [3.63, 3.8) is 0 Å². The van der Waals surface area contributed by atoms with Gasteiger partial charge in [0.1, 0.15) is 12.4 Å². The number of likely N-dealkylation sites (tertiary alicyclic amines) is 1. The van der Waals surface area contributed by atoms with Crippen LogP contribution in [0.3, 0.4) is 0 Å². The molecule has 0 saturated carbocycles. The van der Waals surface area contributed by atoms with E-state index in [1.807, 2.05) is 30.3 Å². The normalized spacial score (nSPS) is 27.4. The maximum absolute atomic E-state index is 13.4. The number of carbonyl (C=O) groups is 2. The summed E-state index contributed by atoms with van der Waals surface area (Å²) in [6.07, 6.45) is 2.06. The van der Waals surface area contributed by atoms with E-state index in [9.17, 15) is 9.59 Å². The average molecular weight is 436 g/mol. The van der Waals surface area contributed by atoms with Gasteiger partial charge in [0, 0.05) is 32.8 Å². The second-order valence-electron chi connectivity index (χ2n) is 8.98. The van der Waals surface area contributed by atoms with Gasteiger partial charge in [-0.05, 0) is 30.5 Å². The lowest BCUT2D eigenvalue weighted by Gasteiger charge is -2.33. The largest absolute Gasteiger partial charge is 0.490 e. The van der Waals surface area contributed by atoms with Gasteiger partial charge in [-0.3, -0.25) is 14.5 Å². The lowest BCUT2D eigenvalue weighted by Crippen LogP contribution is -2.60. The van der Waals surface area contributed by atoms with Crippen LogP contribution in [0, 0.1) is 5.92 Å². The Morgan fingerprint density at radius 3 is 2.78 bits per heavy atom. The standard InChI is InChI=1S/C25H29N3O4/c29-23-20-10-4-5-11-22(20)32-17-25(27-23)16-28(14-18-7-2-1-3-8-18)15-21(25)24(30)26-13-19-9-6-12-31-19/h1-5,7-8,10-11,19,21H,6,9,12-17H2,(H,26,30)(H,27,29)/t19-,21-,25-/m0/s1. The molecule has 7 nitrogen and oxygen atoms in total. The van der Waals surface area contributed by atoms with Crippen LogP contribution in [0.15, 0.2) is 54.6 Å². The van der Waals surface area contributed by atoms with Crippen molar-refractivity contribution in [1.82, 2.24) is 15.5 Å². The van der Waals surface area contributed by atoms with Crippen LogP contribution in [0.25, 0.3) is 0 Å². The van der Waals surface area contributed by atoms with Crippen molar-refractivity contribution < 1.29 is 19.1 Å². The van der Waals surface area contributed by atoms with Crippen molar-refractivity contribution in [3.8, 4) is 5.75 Å². The number of nitrogens with one attached hydrogen (secondary N) is 2. The molecule has 2 amide bonds. The third-order valence-corrected chi connectivity index (χ3v) is 6.69. The Morgan fingerprint density at radius 1 is 1.16 bits per heavy atom. The molecule has 3 heterocycles. The molecule has 0 radical (unpaired) electrons. The summed E-state index contributed by atoms with van der Waals surface area (Å²) in [4.78, 5) is 28.7. The lowest BCUT2D eigenvalue weighted by atomic mass is 9.86. The Hall–Kier alpha value is -2.90. The minimum atomic E-state index is -0.800. The third kappa shape index (κ3) is 4.23. The monoisotopic (exact) mass is 435 g/mol. The number of rotatable bonds is 5. The number of fused-ring (bicyclic) bond motifs is 1. The third-order valence-electron chi connectivity index (χ3n) is 6.69. The van der Waals surface area contributed by atoms with E-state index < -0.39 is 11.5 Å². The summed E-state index contributed by atoms with van der Waals surface area (Å²) in [5.74, 6) is -0.129. The van der Waals surface area contributed by atoms with Crippen LogP contribution in [0.2, 0.25) is 0 Å². The van der Waals surface area contributed by atoms with Crippen molar-refractivity contribution in [2.45, 2.75) is 31.0 Å². The van der Waals surface area contributed by atoms with Crippen molar-refractivity contribution in [1.29, 1.82) is 0 Å². The number of amides is 2. The molecule has 32 heavy (non-hydrogen) atoms. The molecule has 7 heteroatoms. The highest BCUT2D eigenvalue weighted by atomic mass is 16.5. The first kappa shape index (κ1) is 21.0. The number of hydrogen-bond donors (Lipinski definition) is 2. The van der Waals surface area contributed by atoms with Gasteiger partial charge in [0.15, 0.2) is 0 Å². The predicted molar refractivity (Wildman–Crippen MR) is 119 cm³/mol. The van der Waals surface area contributed by atoms with Crippen LogP contribution < -0.4 is 15.4 Å². The smallest absolute Gasteiger partial charge is 0.255 e. The summed E-state index contributed by atoms with van der Waals surface area (Å²) < 4.78 is 11.8. The molecule has 3 aliphatic rings. The number of nitrogens with zero attached hydrogens (tertiary/aromatic N) is 1. The SMILES string of the molecule is O=C1N[C@]2(COc3ccccc31)CN(Cc1ccccc1)C[C@H]2C(=O)NC[C@@H]1CCCO1. The van der Waals surface area contributed by atoms with Crippen molar-refractivity contribution in [2.75, 3.05) is 32.8 Å². The molecule has 2 saturated heterocycles. The molecular formula is C25H29N3O4. The van der Waals surface area contributed by atoms with Crippen LogP contribution in [0.4, 0.5) is 0 Å². The zero-order valence-electron chi connectivity index (χ0n) is 18.1. The van der Waals surface area contributed by atoms with E-state index in [1.165, 1.54) is 5.56 Å². The van der Waals surface area contributed by atoms with Gasteiger partial charge in [0.25, 0.3) is 5.91 Å². The summed E-state index contributed by atoms with van der Waals surface area (Å²) in [6, 6.07) is 17.4. The first-order chi connectivity index (χ1) is 15.6. The Balaban J connectivity index is 1.38. The fourth-order valence-corrected chi connectivity index (χ4v) is 5.03. The molecule has 0 unspecified atom stereocenters. The van der Waals surface area contributed by atoms with E-state index in [4.69, 9.17) is 9.47 Å². The van der Waals surface area contributed by atoms with Crippen molar-refractivity contribution in [2.24, 2.45) is 5.92 Å². The summed E-state index contributed by atoms with van der Waals surface area (Å²) in [5.41, 5.74) is 0.877. The number of carbonyl (C=O) groups excluding carboxylic acids is 2. The summed E-state index contributed by atoms with van der Waals surface area (Å²) in [6.45, 7) is 3.30. The van der Waals surface area contributed by atoms with Crippen LogP contribution in [-0.4, -0.2) is 61.2 Å². The first-order valence-corrected chi connectivity index (χ1v) is 11.3. The minimum Gasteiger partial charge on any atom is -0.490 e. The number of para-hydroxylation sites is 1. The van der Waals surface area contributed by atoms with E-state index in [2.05, 4.69) is 27.7 Å². The van der Waals surface area contributed by atoms with Gasteiger partial charge in [-0.15, -0.1) is 0 Å². The quantitative estimate of drug-likeness (QED) is 0.751. The Bertz CT molecular complexity index is 976.